The first-order valence-electron chi connectivity index (χ1n) is 6.92. The zero-order valence-corrected chi connectivity index (χ0v) is 11.3. The van der Waals surface area contributed by atoms with Crippen LogP contribution in [-0.4, -0.2) is 66.8 Å². The van der Waals surface area contributed by atoms with Crippen LogP contribution >= 0.6 is 0 Å². The molecule has 0 aliphatic carbocycles. The van der Waals surface area contributed by atoms with Gasteiger partial charge in [-0.15, -0.1) is 0 Å². The normalized spacial score (nSPS) is 26.6. The lowest BCUT2D eigenvalue weighted by atomic mass is 9.96. The van der Waals surface area contributed by atoms with Crippen LogP contribution in [0, 0.1) is 5.92 Å². The average molecular weight is 268 g/mol. The number of carbonyl (C=O) groups excluding carboxylic acids is 2. The van der Waals surface area contributed by atoms with Crippen LogP contribution in [0.2, 0.25) is 0 Å². The third-order valence-corrected chi connectivity index (χ3v) is 4.33. The van der Waals surface area contributed by atoms with E-state index in [0.717, 1.165) is 12.8 Å². The molecule has 0 saturated carbocycles. The topological polar surface area (TPSA) is 59.1 Å². The number of piperidine rings is 1. The predicted octanol–water partition coefficient (Wildman–Crippen LogP) is -0.170. The van der Waals surface area contributed by atoms with Gasteiger partial charge in [-0.05, 0) is 0 Å². The molecule has 2 amide bonds. The van der Waals surface area contributed by atoms with E-state index in [1.807, 2.05) is 4.90 Å². The second-order valence-electron chi connectivity index (χ2n) is 5.55. The number of ether oxygens (including phenoxy) is 2. The summed E-state index contributed by atoms with van der Waals surface area (Å²) in [6.45, 7) is 5.38. The smallest absolute Gasteiger partial charge is 0.229 e. The fourth-order valence-corrected chi connectivity index (χ4v) is 3.00. The van der Waals surface area contributed by atoms with Crippen LogP contribution in [0.4, 0.5) is 0 Å². The molecular formula is C13H20N2O4. The maximum Gasteiger partial charge on any atom is 0.229 e. The third-order valence-electron chi connectivity index (χ3n) is 4.33. The van der Waals surface area contributed by atoms with E-state index < -0.39 is 5.79 Å². The molecule has 0 N–H and O–H groups in total. The second-order valence-corrected chi connectivity index (χ2v) is 5.55. The fraction of sp³-hybridized carbons (Fsp3) is 0.846. The van der Waals surface area contributed by atoms with E-state index in [1.165, 1.54) is 0 Å². The molecule has 0 aromatic rings. The number of amides is 2. The number of hydrogen-bond acceptors (Lipinski definition) is 4. The van der Waals surface area contributed by atoms with E-state index in [-0.39, 0.29) is 17.7 Å². The van der Waals surface area contributed by atoms with Gasteiger partial charge in [0, 0.05) is 45.9 Å². The molecule has 6 heteroatoms. The monoisotopic (exact) mass is 268 g/mol. The van der Waals surface area contributed by atoms with E-state index in [4.69, 9.17) is 9.47 Å². The van der Waals surface area contributed by atoms with Crippen LogP contribution in [0.1, 0.15) is 19.8 Å². The first-order valence-corrected chi connectivity index (χ1v) is 6.92. The molecule has 3 aliphatic rings. The molecule has 0 aromatic carbocycles. The highest BCUT2D eigenvalue weighted by molar-refractivity contribution is 5.83. The van der Waals surface area contributed by atoms with E-state index in [0.29, 0.717) is 39.4 Å². The van der Waals surface area contributed by atoms with E-state index >= 15 is 0 Å². The zero-order valence-electron chi connectivity index (χ0n) is 11.3. The Hall–Kier alpha value is -1.14. The highest BCUT2D eigenvalue weighted by atomic mass is 16.7. The van der Waals surface area contributed by atoms with Crippen LogP contribution in [-0.2, 0) is 19.1 Å². The summed E-state index contributed by atoms with van der Waals surface area (Å²) < 4.78 is 11.3. The van der Waals surface area contributed by atoms with Gasteiger partial charge in [0.15, 0.2) is 5.79 Å². The van der Waals surface area contributed by atoms with Crippen molar-refractivity contribution in [3.05, 3.63) is 0 Å². The van der Waals surface area contributed by atoms with Crippen LogP contribution in [0.15, 0.2) is 0 Å². The molecule has 1 spiro atoms. The van der Waals surface area contributed by atoms with Crippen molar-refractivity contribution in [3.8, 4) is 0 Å². The Morgan fingerprint density at radius 3 is 2.16 bits per heavy atom. The van der Waals surface area contributed by atoms with Gasteiger partial charge in [-0.2, -0.15) is 0 Å². The van der Waals surface area contributed by atoms with Crippen molar-refractivity contribution >= 4 is 11.8 Å². The summed E-state index contributed by atoms with van der Waals surface area (Å²) in [4.78, 5) is 27.0. The van der Waals surface area contributed by atoms with Crippen LogP contribution < -0.4 is 0 Å². The molecule has 19 heavy (non-hydrogen) atoms. The molecule has 106 valence electrons. The van der Waals surface area contributed by atoms with Crippen molar-refractivity contribution in [1.29, 1.82) is 0 Å². The summed E-state index contributed by atoms with van der Waals surface area (Å²) in [5, 5.41) is 0. The number of carbonyl (C=O) groups is 2. The first kappa shape index (κ1) is 12.9. The van der Waals surface area contributed by atoms with Gasteiger partial charge in [0.2, 0.25) is 11.8 Å². The summed E-state index contributed by atoms with van der Waals surface area (Å²) in [6, 6.07) is 0. The summed E-state index contributed by atoms with van der Waals surface area (Å²) in [6.07, 6.45) is 1.50. The largest absolute Gasteiger partial charge is 0.347 e. The number of likely N-dealkylation sites (tertiary alicyclic amines) is 2. The zero-order chi connectivity index (χ0) is 13.5. The Morgan fingerprint density at radius 1 is 1.05 bits per heavy atom. The van der Waals surface area contributed by atoms with Crippen LogP contribution in [0.5, 0.6) is 0 Å². The summed E-state index contributed by atoms with van der Waals surface area (Å²) in [7, 11) is 0. The Labute approximate surface area is 112 Å². The summed E-state index contributed by atoms with van der Waals surface area (Å²) >= 11 is 0. The highest BCUT2D eigenvalue weighted by Gasteiger charge is 2.43. The molecule has 0 radical (unpaired) electrons. The highest BCUT2D eigenvalue weighted by Crippen LogP contribution is 2.32. The molecule has 0 bridgehead atoms. The lowest BCUT2D eigenvalue weighted by Crippen LogP contribution is -2.58. The van der Waals surface area contributed by atoms with Crippen molar-refractivity contribution in [1.82, 2.24) is 9.80 Å². The fourth-order valence-electron chi connectivity index (χ4n) is 3.00. The van der Waals surface area contributed by atoms with Gasteiger partial charge in [0.25, 0.3) is 0 Å². The van der Waals surface area contributed by atoms with E-state index in [2.05, 4.69) is 0 Å². The van der Waals surface area contributed by atoms with Gasteiger partial charge < -0.3 is 19.3 Å². The minimum atomic E-state index is -0.429. The number of nitrogens with zero attached hydrogens (tertiary/aromatic N) is 2. The van der Waals surface area contributed by atoms with Crippen LogP contribution in [0.3, 0.4) is 0 Å². The van der Waals surface area contributed by atoms with Crippen molar-refractivity contribution in [3.63, 3.8) is 0 Å². The third kappa shape index (κ3) is 2.34. The average Bonchev–Trinajstić information content (AvgIpc) is 2.76. The molecule has 3 heterocycles. The molecule has 0 aromatic heterocycles. The number of hydrogen-bond donors (Lipinski definition) is 0. The Morgan fingerprint density at radius 2 is 1.63 bits per heavy atom. The maximum absolute atomic E-state index is 12.3. The van der Waals surface area contributed by atoms with Gasteiger partial charge in [0.05, 0.1) is 19.1 Å². The molecule has 3 aliphatic heterocycles. The molecule has 0 atom stereocenters. The Bertz CT molecular complexity index is 376. The van der Waals surface area contributed by atoms with Gasteiger partial charge in [-0.1, -0.05) is 0 Å². The summed E-state index contributed by atoms with van der Waals surface area (Å²) in [5.41, 5.74) is 0. The quantitative estimate of drug-likeness (QED) is 0.662. The minimum absolute atomic E-state index is 0.0108. The minimum Gasteiger partial charge on any atom is -0.347 e. The van der Waals surface area contributed by atoms with Gasteiger partial charge >= 0.3 is 0 Å². The van der Waals surface area contributed by atoms with E-state index in [1.54, 1.807) is 11.8 Å². The van der Waals surface area contributed by atoms with Crippen LogP contribution in [0.25, 0.3) is 0 Å². The maximum atomic E-state index is 12.3. The lowest BCUT2D eigenvalue weighted by Gasteiger charge is -2.43. The number of rotatable bonds is 1. The lowest BCUT2D eigenvalue weighted by molar-refractivity contribution is -0.189. The molecule has 3 saturated heterocycles. The molecule has 0 unspecified atom stereocenters. The second kappa shape index (κ2) is 4.76. The SMILES string of the molecule is CC(=O)N1CC(C(=O)N2CCC3(CC2)OCCO3)C1. The summed E-state index contributed by atoms with van der Waals surface area (Å²) in [5.74, 6) is -0.218. The molecule has 3 fully saturated rings. The molecular weight excluding hydrogens is 248 g/mol. The van der Waals surface area contributed by atoms with Crippen molar-refractivity contribution < 1.29 is 19.1 Å². The van der Waals surface area contributed by atoms with Gasteiger partial charge in [0.1, 0.15) is 0 Å². The Kier molecular flexibility index (Phi) is 3.22. The molecule has 3 rings (SSSR count). The van der Waals surface area contributed by atoms with Gasteiger partial charge in [-0.3, -0.25) is 9.59 Å². The van der Waals surface area contributed by atoms with Crippen molar-refractivity contribution in [2.45, 2.75) is 25.6 Å². The standard InChI is InChI=1S/C13H20N2O4/c1-10(16)15-8-11(9-15)12(17)14-4-2-13(3-5-14)18-6-7-19-13/h11H,2-9H2,1H3. The van der Waals surface area contributed by atoms with Crippen molar-refractivity contribution in [2.24, 2.45) is 5.92 Å². The Balaban J connectivity index is 1.49. The van der Waals surface area contributed by atoms with E-state index in [9.17, 15) is 9.59 Å². The predicted molar refractivity (Wildman–Crippen MR) is 66.2 cm³/mol. The van der Waals surface area contributed by atoms with Crippen molar-refractivity contribution in [2.75, 3.05) is 39.4 Å². The van der Waals surface area contributed by atoms with Gasteiger partial charge in [-0.25, -0.2) is 0 Å². The molecule has 6 nitrogen and oxygen atoms in total. The first-order chi connectivity index (χ1) is 9.10.